The van der Waals surface area contributed by atoms with Crippen molar-refractivity contribution in [3.8, 4) is 6.07 Å². The fraction of sp³-hybridized carbons (Fsp3) is 0.385. The van der Waals surface area contributed by atoms with E-state index in [4.69, 9.17) is 5.73 Å². The number of nitrogens with zero attached hydrogens (tertiary/aromatic N) is 2. The summed E-state index contributed by atoms with van der Waals surface area (Å²) in [5.41, 5.74) is 7.85. The van der Waals surface area contributed by atoms with E-state index in [1.165, 1.54) is 0 Å². The smallest absolute Gasteiger partial charge is 0.102 e. The maximum Gasteiger partial charge on any atom is 0.102 e. The van der Waals surface area contributed by atoms with Gasteiger partial charge in [0, 0.05) is 29.1 Å². The average Bonchev–Trinajstić information content (AvgIpc) is 2.31. The second kappa shape index (κ2) is 4.80. The Bertz CT molecular complexity index is 424. The molecule has 0 saturated heterocycles. The third kappa shape index (κ3) is 2.40. The molecule has 0 aliphatic heterocycles. The maximum absolute atomic E-state index is 9.19. The Balaban J connectivity index is 3.28. The summed E-state index contributed by atoms with van der Waals surface area (Å²) in [5, 5.41) is 9.19. The van der Waals surface area contributed by atoms with Gasteiger partial charge >= 0.3 is 0 Å². The molecule has 84 valence electrons. The van der Waals surface area contributed by atoms with Crippen molar-refractivity contribution in [2.24, 2.45) is 11.1 Å². The van der Waals surface area contributed by atoms with Gasteiger partial charge in [0.25, 0.3) is 0 Å². The maximum atomic E-state index is 9.19. The Labute approximate surface area is 96.6 Å². The zero-order chi connectivity index (χ0) is 12.2. The van der Waals surface area contributed by atoms with Crippen molar-refractivity contribution >= 4 is 5.57 Å². The van der Waals surface area contributed by atoms with Crippen molar-refractivity contribution < 1.29 is 0 Å². The van der Waals surface area contributed by atoms with E-state index in [0.717, 1.165) is 12.0 Å². The van der Waals surface area contributed by atoms with Crippen LogP contribution >= 0.6 is 0 Å². The first-order chi connectivity index (χ1) is 7.53. The van der Waals surface area contributed by atoms with Gasteiger partial charge in [0.2, 0.25) is 0 Å². The monoisotopic (exact) mass is 215 g/mol. The summed E-state index contributed by atoms with van der Waals surface area (Å²) in [5.74, 6) is 0. The van der Waals surface area contributed by atoms with Crippen molar-refractivity contribution in [1.82, 2.24) is 4.98 Å². The molecular formula is C13H17N3. The van der Waals surface area contributed by atoms with Crippen LogP contribution in [0.3, 0.4) is 0 Å². The Morgan fingerprint density at radius 3 is 2.69 bits per heavy atom. The van der Waals surface area contributed by atoms with Crippen molar-refractivity contribution in [2.45, 2.75) is 27.2 Å². The molecule has 3 heteroatoms. The van der Waals surface area contributed by atoms with Gasteiger partial charge in [0.05, 0.1) is 5.57 Å². The van der Waals surface area contributed by atoms with Gasteiger partial charge in [0.15, 0.2) is 0 Å². The van der Waals surface area contributed by atoms with Gasteiger partial charge < -0.3 is 5.73 Å². The summed E-state index contributed by atoms with van der Waals surface area (Å²) in [6.07, 6.45) is 4.24. The summed E-state index contributed by atoms with van der Waals surface area (Å²) < 4.78 is 0. The molecule has 1 heterocycles. The second-order valence-electron chi connectivity index (χ2n) is 4.38. The molecule has 0 atom stereocenters. The molecule has 1 aromatic heterocycles. The van der Waals surface area contributed by atoms with Crippen LogP contribution in [0.4, 0.5) is 0 Å². The Morgan fingerprint density at radius 2 is 2.25 bits per heavy atom. The molecule has 0 aliphatic carbocycles. The largest absolute Gasteiger partial charge is 0.401 e. The lowest BCUT2D eigenvalue weighted by molar-refractivity contribution is 0.426. The lowest BCUT2D eigenvalue weighted by Gasteiger charge is -2.24. The molecule has 16 heavy (non-hydrogen) atoms. The van der Waals surface area contributed by atoms with E-state index in [9.17, 15) is 5.26 Å². The van der Waals surface area contributed by atoms with Crippen LogP contribution < -0.4 is 5.73 Å². The number of rotatable bonds is 3. The third-order valence-corrected chi connectivity index (χ3v) is 2.94. The van der Waals surface area contributed by atoms with E-state index in [1.54, 1.807) is 18.5 Å². The van der Waals surface area contributed by atoms with E-state index in [1.807, 2.05) is 19.9 Å². The molecule has 0 bridgehead atoms. The first kappa shape index (κ1) is 12.3. The van der Waals surface area contributed by atoms with Crippen LogP contribution in [0.2, 0.25) is 0 Å². The predicted octanol–water partition coefficient (Wildman–Crippen LogP) is 2.71. The Hall–Kier alpha value is -1.82. The van der Waals surface area contributed by atoms with Gasteiger partial charge in [-0.1, -0.05) is 26.8 Å². The molecule has 1 rings (SSSR count). The third-order valence-electron chi connectivity index (χ3n) is 2.94. The summed E-state index contributed by atoms with van der Waals surface area (Å²) in [6.45, 7) is 6.14. The quantitative estimate of drug-likeness (QED) is 0.788. The molecule has 0 amide bonds. The van der Waals surface area contributed by atoms with Gasteiger partial charge in [-0.3, -0.25) is 4.98 Å². The number of hydrogen-bond donors (Lipinski definition) is 1. The zero-order valence-corrected chi connectivity index (χ0v) is 9.99. The van der Waals surface area contributed by atoms with Crippen LogP contribution in [0.5, 0.6) is 0 Å². The number of nitrogens with two attached hydrogens (primary N) is 1. The van der Waals surface area contributed by atoms with Gasteiger partial charge in [-0.25, -0.2) is 0 Å². The molecule has 0 aromatic carbocycles. The van der Waals surface area contributed by atoms with Gasteiger partial charge in [-0.05, 0) is 12.5 Å². The number of nitriles is 1. The Morgan fingerprint density at radius 1 is 1.56 bits per heavy atom. The van der Waals surface area contributed by atoms with Crippen LogP contribution in [-0.4, -0.2) is 4.98 Å². The van der Waals surface area contributed by atoms with Crippen LogP contribution in [0.25, 0.3) is 5.57 Å². The molecule has 0 fully saturated rings. The highest BCUT2D eigenvalue weighted by Crippen LogP contribution is 2.31. The van der Waals surface area contributed by atoms with Crippen molar-refractivity contribution in [3.05, 3.63) is 35.8 Å². The van der Waals surface area contributed by atoms with Gasteiger partial charge in [0.1, 0.15) is 6.07 Å². The van der Waals surface area contributed by atoms with Gasteiger partial charge in [-0.15, -0.1) is 0 Å². The molecule has 0 aliphatic rings. The summed E-state index contributed by atoms with van der Waals surface area (Å²) >= 11 is 0. The van der Waals surface area contributed by atoms with E-state index in [2.05, 4.69) is 18.0 Å². The Kier molecular flexibility index (Phi) is 3.68. The highest BCUT2D eigenvalue weighted by atomic mass is 14.7. The van der Waals surface area contributed by atoms with Crippen LogP contribution in [0.1, 0.15) is 32.8 Å². The number of hydrogen-bond acceptors (Lipinski definition) is 3. The van der Waals surface area contributed by atoms with Crippen molar-refractivity contribution in [1.29, 1.82) is 5.26 Å². The number of aromatic nitrogens is 1. The second-order valence-corrected chi connectivity index (χ2v) is 4.38. The van der Waals surface area contributed by atoms with E-state index < -0.39 is 0 Å². The molecule has 0 radical (unpaired) electrons. The average molecular weight is 215 g/mol. The first-order valence-electron chi connectivity index (χ1n) is 5.33. The molecule has 3 nitrogen and oxygen atoms in total. The summed E-state index contributed by atoms with van der Waals surface area (Å²) in [6, 6.07) is 5.83. The topological polar surface area (TPSA) is 62.7 Å². The van der Waals surface area contributed by atoms with Crippen LogP contribution in [-0.2, 0) is 0 Å². The van der Waals surface area contributed by atoms with Crippen LogP contribution in [0.15, 0.2) is 30.2 Å². The summed E-state index contributed by atoms with van der Waals surface area (Å²) in [4.78, 5) is 4.00. The molecular weight excluding hydrogens is 198 g/mol. The highest BCUT2D eigenvalue weighted by Gasteiger charge is 2.22. The number of pyridine rings is 1. The fourth-order valence-corrected chi connectivity index (χ4v) is 1.32. The molecule has 0 spiro atoms. The lowest BCUT2D eigenvalue weighted by Crippen LogP contribution is -2.21. The SMILES string of the molecule is CCC(C)(C)/C(N)=C(/C#N)c1cccnc1. The molecule has 1 aromatic rings. The lowest BCUT2D eigenvalue weighted by atomic mass is 9.83. The molecule has 0 unspecified atom stereocenters. The van der Waals surface area contributed by atoms with E-state index in [-0.39, 0.29) is 5.41 Å². The van der Waals surface area contributed by atoms with E-state index >= 15 is 0 Å². The van der Waals surface area contributed by atoms with Gasteiger partial charge in [-0.2, -0.15) is 5.26 Å². The minimum atomic E-state index is -0.166. The predicted molar refractivity (Wildman–Crippen MR) is 65.0 cm³/mol. The normalized spacial score (nSPS) is 12.9. The standard InChI is InChI=1S/C13H17N3/c1-4-13(2,3)12(15)11(8-14)10-6-5-7-16-9-10/h5-7,9H,4,15H2,1-3H3/b12-11+. The van der Waals surface area contributed by atoms with E-state index in [0.29, 0.717) is 11.3 Å². The number of allylic oxidation sites excluding steroid dienone is 2. The van der Waals surface area contributed by atoms with Crippen molar-refractivity contribution in [3.63, 3.8) is 0 Å². The van der Waals surface area contributed by atoms with Crippen molar-refractivity contribution in [2.75, 3.05) is 0 Å². The van der Waals surface area contributed by atoms with Crippen LogP contribution in [0, 0.1) is 16.7 Å². The first-order valence-corrected chi connectivity index (χ1v) is 5.33. The molecule has 2 N–H and O–H groups in total. The highest BCUT2D eigenvalue weighted by molar-refractivity contribution is 5.79. The summed E-state index contributed by atoms with van der Waals surface area (Å²) in [7, 11) is 0. The minimum absolute atomic E-state index is 0.166. The fourth-order valence-electron chi connectivity index (χ4n) is 1.32. The molecule has 0 saturated carbocycles. The minimum Gasteiger partial charge on any atom is -0.401 e. The zero-order valence-electron chi connectivity index (χ0n) is 9.99.